The summed E-state index contributed by atoms with van der Waals surface area (Å²) in [4.78, 5) is 0.0679. The number of methoxy groups -OCH3 is 1. The van der Waals surface area contributed by atoms with E-state index in [1.807, 2.05) is 0 Å². The molecular weight excluding hydrogens is 282 g/mol. The van der Waals surface area contributed by atoms with Crippen LogP contribution in [0.1, 0.15) is 36.3 Å². The molecule has 0 aromatic carbocycles. The number of nitrogens with one attached hydrogen (secondary N) is 1. The molecule has 7 heteroatoms. The molecule has 0 amide bonds. The molecular formula is C13H21NO5S. The molecule has 1 fully saturated rings. The average molecular weight is 303 g/mol. The third kappa shape index (κ3) is 2.90. The minimum Gasteiger partial charge on any atom is -0.465 e. The summed E-state index contributed by atoms with van der Waals surface area (Å²) in [6, 6.07) is -0.133. The Balaban J connectivity index is 2.23. The number of aliphatic hydroxyl groups is 1. The molecule has 2 N–H and O–H groups in total. The lowest BCUT2D eigenvalue weighted by atomic mass is 10.2. The van der Waals surface area contributed by atoms with Crippen LogP contribution in [0, 0.1) is 13.8 Å². The number of aliphatic hydroxyl groups excluding tert-OH is 1. The largest absolute Gasteiger partial charge is 0.465 e. The number of hydrogen-bond acceptors (Lipinski definition) is 5. The van der Waals surface area contributed by atoms with E-state index in [2.05, 4.69) is 4.72 Å². The molecule has 1 aromatic rings. The topological polar surface area (TPSA) is 88.8 Å². The Bertz CT molecular complexity index is 578. The highest BCUT2D eigenvalue weighted by Gasteiger charge is 2.32. The van der Waals surface area contributed by atoms with Gasteiger partial charge in [0.25, 0.3) is 0 Å². The van der Waals surface area contributed by atoms with Gasteiger partial charge in [0.15, 0.2) is 0 Å². The fourth-order valence-electron chi connectivity index (χ4n) is 2.78. The SMILES string of the molecule is COC1CCC(NS(=O)(=O)c2c(C)oc(C)c2CO)C1. The van der Waals surface area contributed by atoms with Gasteiger partial charge >= 0.3 is 0 Å². The molecule has 0 saturated heterocycles. The van der Waals surface area contributed by atoms with Crippen molar-refractivity contribution in [2.75, 3.05) is 7.11 Å². The summed E-state index contributed by atoms with van der Waals surface area (Å²) in [6.45, 7) is 2.88. The molecule has 1 aromatic heterocycles. The Morgan fingerprint density at radius 3 is 2.60 bits per heavy atom. The fourth-order valence-corrected chi connectivity index (χ4v) is 4.51. The van der Waals surface area contributed by atoms with Crippen LogP contribution >= 0.6 is 0 Å². The predicted octanol–water partition coefficient (Wildman–Crippen LogP) is 1.23. The van der Waals surface area contributed by atoms with Crippen LogP contribution in [0.4, 0.5) is 0 Å². The first-order valence-corrected chi connectivity index (χ1v) is 8.12. The molecule has 1 saturated carbocycles. The minimum atomic E-state index is -3.69. The first-order chi connectivity index (χ1) is 9.39. The molecule has 2 atom stereocenters. The highest BCUT2D eigenvalue weighted by molar-refractivity contribution is 7.89. The van der Waals surface area contributed by atoms with Crippen LogP contribution in [-0.4, -0.2) is 32.8 Å². The highest BCUT2D eigenvalue weighted by atomic mass is 32.2. The number of furan rings is 1. The second kappa shape index (κ2) is 5.85. The summed E-state index contributed by atoms with van der Waals surface area (Å²) in [5.41, 5.74) is 0.330. The summed E-state index contributed by atoms with van der Waals surface area (Å²) in [5.74, 6) is 0.743. The number of rotatable bonds is 5. The van der Waals surface area contributed by atoms with E-state index in [4.69, 9.17) is 9.15 Å². The van der Waals surface area contributed by atoms with Crippen LogP contribution in [0.25, 0.3) is 0 Å². The Hall–Kier alpha value is -0.890. The molecule has 1 aliphatic carbocycles. The van der Waals surface area contributed by atoms with Crippen molar-refractivity contribution >= 4 is 10.0 Å². The zero-order valence-corrected chi connectivity index (χ0v) is 12.8. The number of aryl methyl sites for hydroxylation is 2. The average Bonchev–Trinajstić information content (AvgIpc) is 2.92. The van der Waals surface area contributed by atoms with Crippen molar-refractivity contribution in [3.05, 3.63) is 17.1 Å². The van der Waals surface area contributed by atoms with E-state index in [0.717, 1.165) is 12.8 Å². The van der Waals surface area contributed by atoms with Crippen molar-refractivity contribution in [3.63, 3.8) is 0 Å². The van der Waals surface area contributed by atoms with Crippen LogP contribution in [0.2, 0.25) is 0 Å². The van der Waals surface area contributed by atoms with Crippen molar-refractivity contribution < 1.29 is 22.7 Å². The zero-order chi connectivity index (χ0) is 14.9. The van der Waals surface area contributed by atoms with Gasteiger partial charge in [-0.15, -0.1) is 0 Å². The van der Waals surface area contributed by atoms with Gasteiger partial charge in [-0.25, -0.2) is 13.1 Å². The van der Waals surface area contributed by atoms with E-state index in [1.165, 1.54) is 0 Å². The third-order valence-corrected chi connectivity index (χ3v) is 5.51. The third-order valence-electron chi connectivity index (χ3n) is 3.79. The summed E-state index contributed by atoms with van der Waals surface area (Å²) >= 11 is 0. The normalized spacial score (nSPS) is 23.4. The predicted molar refractivity (Wildman–Crippen MR) is 72.9 cm³/mol. The standard InChI is InChI=1S/C13H21NO5S/c1-8-12(7-15)13(9(2)19-8)20(16,17)14-10-4-5-11(6-10)18-3/h10-11,14-15H,4-7H2,1-3H3. The molecule has 2 rings (SSSR count). The molecule has 1 heterocycles. The number of ether oxygens (including phenoxy) is 1. The van der Waals surface area contributed by atoms with Crippen LogP contribution in [0.3, 0.4) is 0 Å². The lowest BCUT2D eigenvalue weighted by molar-refractivity contribution is 0.107. The van der Waals surface area contributed by atoms with Crippen molar-refractivity contribution in [2.24, 2.45) is 0 Å². The molecule has 2 unspecified atom stereocenters. The monoisotopic (exact) mass is 303 g/mol. The molecule has 6 nitrogen and oxygen atoms in total. The van der Waals surface area contributed by atoms with Crippen molar-refractivity contribution in [2.45, 2.75) is 56.8 Å². The Labute approximate surface area is 119 Å². The second-order valence-corrected chi connectivity index (χ2v) is 6.82. The van der Waals surface area contributed by atoms with E-state index in [1.54, 1.807) is 21.0 Å². The summed E-state index contributed by atoms with van der Waals surface area (Å²) in [7, 11) is -2.05. The quantitative estimate of drug-likeness (QED) is 0.854. The van der Waals surface area contributed by atoms with Crippen LogP contribution in [0.5, 0.6) is 0 Å². The molecule has 20 heavy (non-hydrogen) atoms. The van der Waals surface area contributed by atoms with Gasteiger partial charge in [0.2, 0.25) is 10.0 Å². The number of sulfonamides is 1. The molecule has 0 radical (unpaired) electrons. The fraction of sp³-hybridized carbons (Fsp3) is 0.692. The maximum Gasteiger partial charge on any atom is 0.244 e. The van der Waals surface area contributed by atoms with Gasteiger partial charge in [-0.3, -0.25) is 0 Å². The summed E-state index contributed by atoms with van der Waals surface area (Å²) < 4.78 is 38.2. The van der Waals surface area contributed by atoms with Crippen molar-refractivity contribution in [1.29, 1.82) is 0 Å². The Morgan fingerprint density at radius 1 is 1.35 bits per heavy atom. The Kier molecular flexibility index (Phi) is 4.53. The maximum absolute atomic E-state index is 12.5. The molecule has 114 valence electrons. The summed E-state index contributed by atoms with van der Waals surface area (Å²) in [5, 5.41) is 9.34. The van der Waals surface area contributed by atoms with Crippen molar-refractivity contribution in [3.8, 4) is 0 Å². The minimum absolute atomic E-state index is 0.0679. The summed E-state index contributed by atoms with van der Waals surface area (Å²) in [6.07, 6.45) is 2.37. The smallest absolute Gasteiger partial charge is 0.244 e. The van der Waals surface area contributed by atoms with Crippen molar-refractivity contribution in [1.82, 2.24) is 4.72 Å². The zero-order valence-electron chi connectivity index (χ0n) is 12.0. The maximum atomic E-state index is 12.5. The van der Waals surface area contributed by atoms with Gasteiger partial charge in [-0.1, -0.05) is 0 Å². The van der Waals surface area contributed by atoms with Gasteiger partial charge in [0, 0.05) is 18.7 Å². The molecule has 1 aliphatic rings. The van der Waals surface area contributed by atoms with E-state index in [9.17, 15) is 13.5 Å². The highest BCUT2D eigenvalue weighted by Crippen LogP contribution is 2.29. The lowest BCUT2D eigenvalue weighted by Crippen LogP contribution is -2.34. The Morgan fingerprint density at radius 2 is 2.05 bits per heavy atom. The van der Waals surface area contributed by atoms with Gasteiger partial charge in [0.05, 0.1) is 12.7 Å². The second-order valence-electron chi connectivity index (χ2n) is 5.17. The lowest BCUT2D eigenvalue weighted by Gasteiger charge is -2.13. The first-order valence-electron chi connectivity index (χ1n) is 6.64. The van der Waals surface area contributed by atoms with Gasteiger partial charge in [-0.05, 0) is 33.1 Å². The van der Waals surface area contributed by atoms with Crippen LogP contribution < -0.4 is 4.72 Å². The molecule has 0 aliphatic heterocycles. The van der Waals surface area contributed by atoms with Gasteiger partial charge in [-0.2, -0.15) is 0 Å². The van der Waals surface area contributed by atoms with Crippen LogP contribution in [-0.2, 0) is 21.4 Å². The van der Waals surface area contributed by atoms with Crippen LogP contribution in [0.15, 0.2) is 9.31 Å². The van der Waals surface area contributed by atoms with E-state index in [0.29, 0.717) is 23.5 Å². The van der Waals surface area contributed by atoms with Gasteiger partial charge < -0.3 is 14.3 Å². The molecule has 0 spiro atoms. The van der Waals surface area contributed by atoms with E-state index < -0.39 is 10.0 Å². The van der Waals surface area contributed by atoms with E-state index in [-0.39, 0.29) is 23.6 Å². The molecule has 0 bridgehead atoms. The van der Waals surface area contributed by atoms with Gasteiger partial charge in [0.1, 0.15) is 16.4 Å². The number of hydrogen-bond donors (Lipinski definition) is 2. The van der Waals surface area contributed by atoms with E-state index >= 15 is 0 Å². The first kappa shape index (κ1) is 15.5.